The van der Waals surface area contributed by atoms with E-state index in [-0.39, 0.29) is 12.5 Å². The molecular weight excluding hydrogens is 355 g/mol. The summed E-state index contributed by atoms with van der Waals surface area (Å²) in [6, 6.07) is 4.58. The number of carbonyl (C=O) groups is 2. The van der Waals surface area contributed by atoms with Crippen LogP contribution >= 0.6 is 11.3 Å². The summed E-state index contributed by atoms with van der Waals surface area (Å²) in [4.78, 5) is 30.2. The summed E-state index contributed by atoms with van der Waals surface area (Å²) in [5.74, 6) is -2.38. The molecule has 2 amide bonds. The number of likely N-dealkylation sites (N-methyl/N-ethyl adjacent to an activating group) is 1. The SMILES string of the molecule is CN1C[C@@H](c2ccc(C(F)(F)F)cc2)[C@H](C(=O)Nc2nccs2)C1=O. The van der Waals surface area contributed by atoms with Crippen molar-refractivity contribution in [2.45, 2.75) is 12.1 Å². The van der Waals surface area contributed by atoms with Gasteiger partial charge in [0.25, 0.3) is 0 Å². The fourth-order valence-corrected chi connectivity index (χ4v) is 3.41. The second-order valence-corrected chi connectivity index (χ2v) is 6.64. The lowest BCUT2D eigenvalue weighted by Gasteiger charge is -2.17. The molecule has 1 saturated heterocycles. The number of thiazole rings is 1. The Morgan fingerprint density at radius 2 is 2.00 bits per heavy atom. The average molecular weight is 369 g/mol. The van der Waals surface area contributed by atoms with Crippen molar-refractivity contribution < 1.29 is 22.8 Å². The van der Waals surface area contributed by atoms with Crippen molar-refractivity contribution >= 4 is 28.3 Å². The molecule has 5 nitrogen and oxygen atoms in total. The molecule has 2 heterocycles. The third-order valence-corrected chi connectivity index (χ3v) is 4.81. The predicted octanol–water partition coefficient (Wildman–Crippen LogP) is 2.97. The zero-order valence-corrected chi connectivity index (χ0v) is 13.9. The largest absolute Gasteiger partial charge is 0.416 e. The highest BCUT2D eigenvalue weighted by atomic mass is 32.1. The number of nitrogens with one attached hydrogen (secondary N) is 1. The first-order chi connectivity index (χ1) is 11.8. The van der Waals surface area contributed by atoms with Crippen molar-refractivity contribution in [1.82, 2.24) is 9.88 Å². The van der Waals surface area contributed by atoms with Gasteiger partial charge in [0.1, 0.15) is 5.92 Å². The third-order valence-electron chi connectivity index (χ3n) is 4.13. The number of hydrogen-bond acceptors (Lipinski definition) is 4. The molecule has 1 N–H and O–H groups in total. The van der Waals surface area contributed by atoms with E-state index in [9.17, 15) is 22.8 Å². The Morgan fingerprint density at radius 3 is 2.56 bits per heavy atom. The van der Waals surface area contributed by atoms with Crippen molar-refractivity contribution in [3.8, 4) is 0 Å². The maximum Gasteiger partial charge on any atom is 0.416 e. The van der Waals surface area contributed by atoms with Crippen LogP contribution in [0.15, 0.2) is 35.8 Å². The van der Waals surface area contributed by atoms with E-state index >= 15 is 0 Å². The highest BCUT2D eigenvalue weighted by molar-refractivity contribution is 7.13. The number of nitrogens with zero attached hydrogens (tertiary/aromatic N) is 2. The fourth-order valence-electron chi connectivity index (χ4n) is 2.88. The summed E-state index contributed by atoms with van der Waals surface area (Å²) in [5.41, 5.74) is -0.247. The average Bonchev–Trinajstić information content (AvgIpc) is 3.15. The van der Waals surface area contributed by atoms with Gasteiger partial charge in [-0.3, -0.25) is 9.59 Å². The van der Waals surface area contributed by atoms with E-state index in [4.69, 9.17) is 0 Å². The molecular formula is C16H14F3N3O2S. The van der Waals surface area contributed by atoms with Gasteiger partial charge in [-0.25, -0.2) is 4.98 Å². The van der Waals surface area contributed by atoms with Crippen LogP contribution in [0.4, 0.5) is 18.3 Å². The zero-order chi connectivity index (χ0) is 18.2. The Labute approximate surface area is 145 Å². The molecule has 0 spiro atoms. The van der Waals surface area contributed by atoms with Gasteiger partial charge in [0, 0.05) is 31.1 Å². The zero-order valence-electron chi connectivity index (χ0n) is 13.1. The highest BCUT2D eigenvalue weighted by Crippen LogP contribution is 2.36. The van der Waals surface area contributed by atoms with E-state index in [0.29, 0.717) is 10.7 Å². The van der Waals surface area contributed by atoms with Gasteiger partial charge in [-0.15, -0.1) is 11.3 Å². The number of hydrogen-bond donors (Lipinski definition) is 1. The number of carbonyl (C=O) groups excluding carboxylic acids is 2. The molecule has 1 aliphatic rings. The Kier molecular flexibility index (Phi) is 4.51. The molecule has 132 valence electrons. The molecule has 3 rings (SSSR count). The van der Waals surface area contributed by atoms with Crippen molar-refractivity contribution in [3.05, 3.63) is 47.0 Å². The first kappa shape index (κ1) is 17.4. The minimum absolute atomic E-state index is 0.264. The Bertz CT molecular complexity index is 775. The molecule has 0 aliphatic carbocycles. The topological polar surface area (TPSA) is 62.3 Å². The van der Waals surface area contributed by atoms with Crippen molar-refractivity contribution in [2.24, 2.45) is 5.92 Å². The van der Waals surface area contributed by atoms with E-state index < -0.39 is 29.5 Å². The minimum atomic E-state index is -4.43. The van der Waals surface area contributed by atoms with Crippen LogP contribution in [0.1, 0.15) is 17.0 Å². The third kappa shape index (κ3) is 3.51. The summed E-state index contributed by atoms with van der Waals surface area (Å²) in [7, 11) is 1.57. The van der Waals surface area contributed by atoms with Gasteiger partial charge in [-0.2, -0.15) is 13.2 Å². The number of benzene rings is 1. The molecule has 25 heavy (non-hydrogen) atoms. The number of likely N-dealkylation sites (tertiary alicyclic amines) is 1. The standard InChI is InChI=1S/C16H14F3N3O2S/c1-22-8-11(9-2-4-10(5-3-9)16(17,18)19)12(14(22)24)13(23)21-15-20-6-7-25-15/h2-7,11-12H,8H2,1H3,(H,20,21,23)/t11-,12+/m0/s1. The minimum Gasteiger partial charge on any atom is -0.344 e. The van der Waals surface area contributed by atoms with Gasteiger partial charge in [-0.1, -0.05) is 12.1 Å². The van der Waals surface area contributed by atoms with Crippen molar-refractivity contribution in [1.29, 1.82) is 0 Å². The smallest absolute Gasteiger partial charge is 0.344 e. The van der Waals surface area contributed by atoms with Crippen LogP contribution in [-0.2, 0) is 15.8 Å². The number of alkyl halides is 3. The van der Waals surface area contributed by atoms with Crippen LogP contribution < -0.4 is 5.32 Å². The van der Waals surface area contributed by atoms with Crippen LogP contribution in [0.2, 0.25) is 0 Å². The van der Waals surface area contributed by atoms with Gasteiger partial charge in [0.05, 0.1) is 5.56 Å². The van der Waals surface area contributed by atoms with Gasteiger partial charge >= 0.3 is 6.18 Å². The van der Waals surface area contributed by atoms with Crippen molar-refractivity contribution in [2.75, 3.05) is 18.9 Å². The molecule has 0 saturated carbocycles. The molecule has 0 radical (unpaired) electrons. The molecule has 9 heteroatoms. The number of halogens is 3. The maximum atomic E-state index is 12.7. The quantitative estimate of drug-likeness (QED) is 0.846. The molecule has 1 aliphatic heterocycles. The molecule has 2 aromatic rings. The Morgan fingerprint density at radius 1 is 1.32 bits per heavy atom. The molecule has 0 bridgehead atoms. The van der Waals surface area contributed by atoms with E-state index in [1.54, 1.807) is 12.4 Å². The lowest BCUT2D eigenvalue weighted by molar-refractivity contribution is -0.138. The first-order valence-electron chi connectivity index (χ1n) is 7.40. The molecule has 1 aromatic carbocycles. The lowest BCUT2D eigenvalue weighted by Crippen LogP contribution is -2.32. The molecule has 2 atom stereocenters. The summed E-state index contributed by atoms with van der Waals surface area (Å²) in [6.45, 7) is 0.264. The Balaban J connectivity index is 1.85. The normalized spacial score (nSPS) is 20.8. The molecule has 1 aromatic heterocycles. The van der Waals surface area contributed by atoms with Crippen LogP contribution in [0.5, 0.6) is 0 Å². The number of anilines is 1. The predicted molar refractivity (Wildman–Crippen MR) is 86.1 cm³/mol. The first-order valence-corrected chi connectivity index (χ1v) is 8.28. The van der Waals surface area contributed by atoms with E-state index in [2.05, 4.69) is 10.3 Å². The summed E-state index contributed by atoms with van der Waals surface area (Å²) < 4.78 is 38.1. The molecule has 0 unspecified atom stereocenters. The number of rotatable bonds is 3. The number of amides is 2. The van der Waals surface area contributed by atoms with E-state index in [1.807, 2.05) is 0 Å². The lowest BCUT2D eigenvalue weighted by atomic mass is 9.87. The number of aromatic nitrogens is 1. The summed E-state index contributed by atoms with van der Waals surface area (Å²) >= 11 is 1.22. The Hall–Kier alpha value is -2.42. The van der Waals surface area contributed by atoms with Gasteiger partial charge in [0.2, 0.25) is 11.8 Å². The monoisotopic (exact) mass is 369 g/mol. The van der Waals surface area contributed by atoms with Crippen LogP contribution in [0, 0.1) is 5.92 Å². The maximum absolute atomic E-state index is 12.7. The van der Waals surface area contributed by atoms with E-state index in [1.165, 1.54) is 34.6 Å². The van der Waals surface area contributed by atoms with Crippen LogP contribution in [0.3, 0.4) is 0 Å². The highest BCUT2D eigenvalue weighted by Gasteiger charge is 2.44. The van der Waals surface area contributed by atoms with Gasteiger partial charge in [-0.05, 0) is 17.7 Å². The second kappa shape index (κ2) is 6.47. The summed E-state index contributed by atoms with van der Waals surface area (Å²) in [5, 5.41) is 4.65. The van der Waals surface area contributed by atoms with Crippen LogP contribution in [-0.4, -0.2) is 35.3 Å². The van der Waals surface area contributed by atoms with Gasteiger partial charge < -0.3 is 10.2 Å². The van der Waals surface area contributed by atoms with E-state index in [0.717, 1.165) is 12.1 Å². The van der Waals surface area contributed by atoms with Crippen molar-refractivity contribution in [3.63, 3.8) is 0 Å². The summed E-state index contributed by atoms with van der Waals surface area (Å²) in [6.07, 6.45) is -2.90. The second-order valence-electron chi connectivity index (χ2n) is 5.75. The molecule has 1 fully saturated rings. The van der Waals surface area contributed by atoms with Gasteiger partial charge in [0.15, 0.2) is 5.13 Å². The van der Waals surface area contributed by atoms with Crippen LogP contribution in [0.25, 0.3) is 0 Å². The fraction of sp³-hybridized carbons (Fsp3) is 0.312.